The van der Waals surface area contributed by atoms with Crippen LogP contribution in [0.15, 0.2) is 12.4 Å². The molecule has 1 amide bonds. The van der Waals surface area contributed by atoms with E-state index in [9.17, 15) is 4.79 Å². The molecule has 0 fully saturated rings. The third-order valence-corrected chi connectivity index (χ3v) is 3.02. The number of carbonyl (C=O) groups is 1. The number of aromatic nitrogens is 2. The van der Waals surface area contributed by atoms with Crippen LogP contribution in [0.4, 0.5) is 5.82 Å². The smallest absolute Gasteiger partial charge is 0.271 e. The summed E-state index contributed by atoms with van der Waals surface area (Å²) < 4.78 is 0. The highest BCUT2D eigenvalue weighted by Crippen LogP contribution is 2.12. The Morgan fingerprint density at radius 3 is 2.47 bits per heavy atom. The first-order valence-electron chi connectivity index (χ1n) is 5.96. The Balaban J connectivity index is 2.62. The SMILES string of the molecule is CCC(CC)C(C)NC(=O)c1cnc(N)cn1. The summed E-state index contributed by atoms with van der Waals surface area (Å²) in [5, 5.41) is 2.94. The number of rotatable bonds is 5. The molecule has 1 aromatic heterocycles. The number of hydrogen-bond acceptors (Lipinski definition) is 4. The zero-order valence-electron chi connectivity index (χ0n) is 10.6. The predicted octanol–water partition coefficient (Wildman–Crippen LogP) is 1.61. The molecule has 5 heteroatoms. The second kappa shape index (κ2) is 6.18. The van der Waals surface area contributed by atoms with Gasteiger partial charge in [0.15, 0.2) is 0 Å². The van der Waals surface area contributed by atoms with Crippen LogP contribution in [0, 0.1) is 5.92 Å². The van der Waals surface area contributed by atoms with E-state index in [0.717, 1.165) is 12.8 Å². The zero-order chi connectivity index (χ0) is 12.8. The van der Waals surface area contributed by atoms with Crippen molar-refractivity contribution in [2.45, 2.75) is 39.7 Å². The lowest BCUT2D eigenvalue weighted by Crippen LogP contribution is -2.38. The van der Waals surface area contributed by atoms with Crippen molar-refractivity contribution in [3.05, 3.63) is 18.1 Å². The molecule has 94 valence electrons. The van der Waals surface area contributed by atoms with Gasteiger partial charge in [0, 0.05) is 6.04 Å². The fourth-order valence-corrected chi connectivity index (χ4v) is 1.85. The molecule has 1 heterocycles. The molecule has 1 rings (SSSR count). The maximum atomic E-state index is 11.8. The molecule has 0 aliphatic carbocycles. The van der Waals surface area contributed by atoms with Gasteiger partial charge in [-0.15, -0.1) is 0 Å². The van der Waals surface area contributed by atoms with Crippen LogP contribution in [0.25, 0.3) is 0 Å². The minimum atomic E-state index is -0.197. The lowest BCUT2D eigenvalue weighted by Gasteiger charge is -2.22. The van der Waals surface area contributed by atoms with Gasteiger partial charge in [0.1, 0.15) is 11.5 Å². The van der Waals surface area contributed by atoms with E-state index in [0.29, 0.717) is 17.4 Å². The summed E-state index contributed by atoms with van der Waals surface area (Å²) in [6.07, 6.45) is 4.87. The molecule has 3 N–H and O–H groups in total. The third-order valence-electron chi connectivity index (χ3n) is 3.02. The minimum absolute atomic E-state index is 0.136. The van der Waals surface area contributed by atoms with Gasteiger partial charge in [0.2, 0.25) is 0 Å². The van der Waals surface area contributed by atoms with Crippen LogP contribution >= 0.6 is 0 Å². The summed E-state index contributed by atoms with van der Waals surface area (Å²) in [6.45, 7) is 6.26. The summed E-state index contributed by atoms with van der Waals surface area (Å²) in [5.41, 5.74) is 5.72. The van der Waals surface area contributed by atoms with Gasteiger partial charge in [-0.2, -0.15) is 0 Å². The number of hydrogen-bond donors (Lipinski definition) is 2. The number of carbonyl (C=O) groups excluding carboxylic acids is 1. The maximum Gasteiger partial charge on any atom is 0.271 e. The highest BCUT2D eigenvalue weighted by atomic mass is 16.1. The molecule has 17 heavy (non-hydrogen) atoms. The van der Waals surface area contributed by atoms with E-state index in [2.05, 4.69) is 29.1 Å². The van der Waals surface area contributed by atoms with Crippen LogP contribution in [0.5, 0.6) is 0 Å². The Morgan fingerprint density at radius 2 is 2.00 bits per heavy atom. The molecule has 0 aliphatic rings. The topological polar surface area (TPSA) is 80.9 Å². The van der Waals surface area contributed by atoms with E-state index in [1.165, 1.54) is 12.4 Å². The molecule has 0 aromatic carbocycles. The molecular formula is C12H20N4O. The average molecular weight is 236 g/mol. The van der Waals surface area contributed by atoms with Crippen LogP contribution < -0.4 is 11.1 Å². The third kappa shape index (κ3) is 3.69. The number of nitrogens with one attached hydrogen (secondary N) is 1. The molecule has 0 spiro atoms. The standard InChI is InChI=1S/C12H20N4O/c1-4-9(5-2)8(3)16-12(17)10-6-15-11(13)7-14-10/h6-9H,4-5H2,1-3H3,(H2,13,15)(H,16,17). The minimum Gasteiger partial charge on any atom is -0.382 e. The van der Waals surface area contributed by atoms with Crippen LogP contribution in [0.2, 0.25) is 0 Å². The summed E-state index contributed by atoms with van der Waals surface area (Å²) in [6, 6.07) is 0.136. The first kappa shape index (κ1) is 13.4. The van der Waals surface area contributed by atoms with Gasteiger partial charge in [-0.25, -0.2) is 9.97 Å². The largest absolute Gasteiger partial charge is 0.382 e. The van der Waals surface area contributed by atoms with Crippen molar-refractivity contribution in [2.75, 3.05) is 5.73 Å². The molecule has 0 saturated heterocycles. The highest BCUT2D eigenvalue weighted by Gasteiger charge is 2.17. The lowest BCUT2D eigenvalue weighted by molar-refractivity contribution is 0.0920. The monoisotopic (exact) mass is 236 g/mol. The second-order valence-corrected chi connectivity index (χ2v) is 4.17. The van der Waals surface area contributed by atoms with Crippen molar-refractivity contribution >= 4 is 11.7 Å². The maximum absolute atomic E-state index is 11.8. The highest BCUT2D eigenvalue weighted by molar-refractivity contribution is 5.92. The number of nitrogens with two attached hydrogens (primary N) is 1. The Kier molecular flexibility index (Phi) is 4.87. The number of amides is 1. The first-order valence-corrected chi connectivity index (χ1v) is 5.96. The van der Waals surface area contributed by atoms with Crippen LogP contribution in [-0.4, -0.2) is 21.9 Å². The van der Waals surface area contributed by atoms with Gasteiger partial charge in [0.05, 0.1) is 12.4 Å². The van der Waals surface area contributed by atoms with Crippen LogP contribution in [-0.2, 0) is 0 Å². The van der Waals surface area contributed by atoms with Crippen molar-refractivity contribution in [2.24, 2.45) is 5.92 Å². The molecule has 0 radical (unpaired) electrons. The fourth-order valence-electron chi connectivity index (χ4n) is 1.85. The number of anilines is 1. The van der Waals surface area contributed by atoms with Crippen molar-refractivity contribution in [1.82, 2.24) is 15.3 Å². The lowest BCUT2D eigenvalue weighted by atomic mass is 9.95. The second-order valence-electron chi connectivity index (χ2n) is 4.17. The van der Waals surface area contributed by atoms with Crippen molar-refractivity contribution in [3.63, 3.8) is 0 Å². The predicted molar refractivity (Wildman–Crippen MR) is 67.4 cm³/mol. The van der Waals surface area contributed by atoms with E-state index in [-0.39, 0.29) is 11.9 Å². The zero-order valence-corrected chi connectivity index (χ0v) is 10.6. The molecule has 1 aromatic rings. The molecule has 0 aliphatic heterocycles. The molecule has 0 saturated carbocycles. The van der Waals surface area contributed by atoms with E-state index in [1.54, 1.807) is 0 Å². The molecule has 5 nitrogen and oxygen atoms in total. The quantitative estimate of drug-likeness (QED) is 0.814. The Hall–Kier alpha value is -1.65. The van der Waals surface area contributed by atoms with E-state index in [4.69, 9.17) is 5.73 Å². The van der Waals surface area contributed by atoms with E-state index < -0.39 is 0 Å². The molecule has 0 bridgehead atoms. The summed E-state index contributed by atoms with van der Waals surface area (Å²) >= 11 is 0. The number of nitrogen functional groups attached to an aromatic ring is 1. The number of nitrogens with zero attached hydrogens (tertiary/aromatic N) is 2. The molecule has 1 atom stereocenters. The molecule has 1 unspecified atom stereocenters. The van der Waals surface area contributed by atoms with Gasteiger partial charge in [-0.1, -0.05) is 26.7 Å². The van der Waals surface area contributed by atoms with Gasteiger partial charge < -0.3 is 11.1 Å². The van der Waals surface area contributed by atoms with Crippen molar-refractivity contribution < 1.29 is 4.79 Å². The average Bonchev–Trinajstić information content (AvgIpc) is 2.31. The van der Waals surface area contributed by atoms with Crippen LogP contribution in [0.1, 0.15) is 44.1 Å². The Labute approximate surface area is 102 Å². The summed E-state index contributed by atoms with van der Waals surface area (Å²) in [4.78, 5) is 19.6. The fraction of sp³-hybridized carbons (Fsp3) is 0.583. The molecular weight excluding hydrogens is 216 g/mol. The van der Waals surface area contributed by atoms with Crippen molar-refractivity contribution in [1.29, 1.82) is 0 Å². The van der Waals surface area contributed by atoms with Gasteiger partial charge in [-0.05, 0) is 12.8 Å². The Morgan fingerprint density at radius 1 is 1.35 bits per heavy atom. The summed E-state index contributed by atoms with van der Waals surface area (Å²) in [5.74, 6) is 0.604. The first-order chi connectivity index (χ1) is 8.08. The van der Waals surface area contributed by atoms with Crippen molar-refractivity contribution in [3.8, 4) is 0 Å². The van der Waals surface area contributed by atoms with E-state index in [1.807, 2.05) is 6.92 Å². The van der Waals surface area contributed by atoms with Gasteiger partial charge in [0.25, 0.3) is 5.91 Å². The summed E-state index contributed by atoms with van der Waals surface area (Å²) in [7, 11) is 0. The Bertz CT molecular complexity index is 359. The normalized spacial score (nSPS) is 12.5. The van der Waals surface area contributed by atoms with Crippen LogP contribution in [0.3, 0.4) is 0 Å². The van der Waals surface area contributed by atoms with Gasteiger partial charge >= 0.3 is 0 Å². The van der Waals surface area contributed by atoms with Gasteiger partial charge in [-0.3, -0.25) is 4.79 Å². The van der Waals surface area contributed by atoms with E-state index >= 15 is 0 Å².